The average Bonchev–Trinajstić information content (AvgIpc) is 2.73. The van der Waals surface area contributed by atoms with Crippen molar-refractivity contribution >= 4 is 5.97 Å². The maximum Gasteiger partial charge on any atom is 0.311 e. The van der Waals surface area contributed by atoms with Crippen LogP contribution in [0.1, 0.15) is 53.9 Å². The lowest BCUT2D eigenvalue weighted by molar-refractivity contribution is -0.135. The minimum Gasteiger partial charge on any atom is -0.496 e. The number of ether oxygens (including phenoxy) is 2. The summed E-state index contributed by atoms with van der Waals surface area (Å²) in [6.07, 6.45) is 7.10. The smallest absolute Gasteiger partial charge is 0.311 e. The summed E-state index contributed by atoms with van der Waals surface area (Å²) in [7, 11) is 1.77. The van der Waals surface area contributed by atoms with Crippen molar-refractivity contribution in [3.63, 3.8) is 0 Å². The third kappa shape index (κ3) is 4.22. The van der Waals surface area contributed by atoms with Gasteiger partial charge < -0.3 is 14.8 Å². The lowest BCUT2D eigenvalue weighted by atomic mass is 9.80. The minimum atomic E-state index is -0.121. The molecule has 1 N–H and O–H groups in total. The molecule has 2 aromatic rings. The average molecular weight is 380 g/mol. The Hall–Kier alpha value is -2.33. The number of methoxy groups -OCH3 is 1. The van der Waals surface area contributed by atoms with Crippen molar-refractivity contribution in [3.8, 4) is 11.5 Å². The zero-order valence-electron chi connectivity index (χ0n) is 16.6. The van der Waals surface area contributed by atoms with Gasteiger partial charge in [0.25, 0.3) is 0 Å². The van der Waals surface area contributed by atoms with E-state index < -0.39 is 0 Å². The summed E-state index contributed by atoms with van der Waals surface area (Å²) in [5, 5.41) is 3.61. The van der Waals surface area contributed by atoms with Crippen LogP contribution >= 0.6 is 0 Å². The van der Waals surface area contributed by atoms with Crippen LogP contribution in [0.4, 0.5) is 0 Å². The van der Waals surface area contributed by atoms with Gasteiger partial charge in [0, 0.05) is 0 Å². The van der Waals surface area contributed by atoms with E-state index >= 15 is 0 Å². The van der Waals surface area contributed by atoms with Crippen molar-refractivity contribution in [1.82, 2.24) is 5.32 Å². The molecule has 0 saturated heterocycles. The maximum absolute atomic E-state index is 11.4. The van der Waals surface area contributed by atoms with Crippen LogP contribution in [-0.2, 0) is 24.1 Å². The zero-order valence-corrected chi connectivity index (χ0v) is 16.6. The topological polar surface area (TPSA) is 47.6 Å². The number of nitrogens with one attached hydrogen (secondary N) is 1. The zero-order chi connectivity index (χ0) is 19.3. The quantitative estimate of drug-likeness (QED) is 0.445. The highest BCUT2D eigenvalue weighted by molar-refractivity contribution is 5.75. The molecule has 28 heavy (non-hydrogen) atoms. The highest BCUT2D eigenvalue weighted by Crippen LogP contribution is 2.38. The van der Waals surface area contributed by atoms with E-state index in [4.69, 9.17) is 9.47 Å². The van der Waals surface area contributed by atoms with Gasteiger partial charge in [-0.2, -0.15) is 0 Å². The summed E-state index contributed by atoms with van der Waals surface area (Å²) < 4.78 is 10.8. The molecule has 0 spiro atoms. The molecule has 1 unspecified atom stereocenters. The fourth-order valence-electron chi connectivity index (χ4n) is 4.53. The highest BCUT2D eigenvalue weighted by Gasteiger charge is 2.22. The van der Waals surface area contributed by atoms with Gasteiger partial charge in [0.05, 0.1) is 13.5 Å². The van der Waals surface area contributed by atoms with Crippen LogP contribution in [0, 0.1) is 0 Å². The molecule has 1 heterocycles. The molecule has 1 atom stereocenters. The SMILES string of the molecule is COc1cccc2c1CCCC2CCNCCc1ccc2c(c1)CCC(=O)O2. The first-order valence-corrected chi connectivity index (χ1v) is 10.4. The molecule has 0 amide bonds. The number of carbonyl (C=O) groups excluding carboxylic acids is 1. The van der Waals surface area contributed by atoms with Crippen LogP contribution in [-0.4, -0.2) is 26.2 Å². The summed E-state index contributed by atoms with van der Waals surface area (Å²) in [6.45, 7) is 2.00. The Morgan fingerprint density at radius 2 is 2.07 bits per heavy atom. The van der Waals surface area contributed by atoms with Crippen LogP contribution in [0.3, 0.4) is 0 Å². The molecule has 0 radical (unpaired) electrons. The molecule has 2 aromatic carbocycles. The van der Waals surface area contributed by atoms with Gasteiger partial charge in [-0.15, -0.1) is 0 Å². The van der Waals surface area contributed by atoms with Gasteiger partial charge in [-0.25, -0.2) is 0 Å². The number of rotatable bonds is 7. The molecule has 0 aromatic heterocycles. The Labute approximate surface area is 167 Å². The number of carbonyl (C=O) groups is 1. The first-order valence-electron chi connectivity index (χ1n) is 10.4. The second-order valence-electron chi connectivity index (χ2n) is 7.82. The molecule has 1 aliphatic heterocycles. The van der Waals surface area contributed by atoms with Gasteiger partial charge in [0.2, 0.25) is 0 Å². The lowest BCUT2D eigenvalue weighted by Crippen LogP contribution is -2.22. The molecule has 4 heteroatoms. The third-order valence-corrected chi connectivity index (χ3v) is 6.02. The van der Waals surface area contributed by atoms with E-state index in [1.807, 2.05) is 6.07 Å². The predicted molar refractivity (Wildman–Crippen MR) is 110 cm³/mol. The number of hydrogen-bond donors (Lipinski definition) is 1. The first-order chi connectivity index (χ1) is 13.7. The van der Waals surface area contributed by atoms with Gasteiger partial charge >= 0.3 is 5.97 Å². The van der Waals surface area contributed by atoms with Gasteiger partial charge in [0.15, 0.2) is 0 Å². The number of hydrogen-bond acceptors (Lipinski definition) is 4. The Morgan fingerprint density at radius 1 is 1.14 bits per heavy atom. The van der Waals surface area contributed by atoms with Crippen molar-refractivity contribution in [1.29, 1.82) is 0 Å². The van der Waals surface area contributed by atoms with Crippen molar-refractivity contribution in [2.24, 2.45) is 0 Å². The Morgan fingerprint density at radius 3 is 2.96 bits per heavy atom. The largest absolute Gasteiger partial charge is 0.496 e. The normalized spacial score (nSPS) is 18.2. The van der Waals surface area contributed by atoms with E-state index in [1.165, 1.54) is 36.0 Å². The second-order valence-corrected chi connectivity index (χ2v) is 7.82. The molecule has 1 aliphatic carbocycles. The van der Waals surface area contributed by atoms with Crippen LogP contribution in [0.25, 0.3) is 0 Å². The van der Waals surface area contributed by atoms with Crippen LogP contribution < -0.4 is 14.8 Å². The molecule has 148 valence electrons. The lowest BCUT2D eigenvalue weighted by Gasteiger charge is -2.27. The third-order valence-electron chi connectivity index (χ3n) is 6.02. The molecule has 0 bridgehead atoms. The Kier molecular flexibility index (Phi) is 5.96. The van der Waals surface area contributed by atoms with Crippen LogP contribution in [0.15, 0.2) is 36.4 Å². The van der Waals surface area contributed by atoms with E-state index in [0.29, 0.717) is 12.3 Å². The van der Waals surface area contributed by atoms with Gasteiger partial charge in [-0.1, -0.05) is 24.3 Å². The number of fused-ring (bicyclic) bond motifs is 2. The molecule has 2 aliphatic rings. The fraction of sp³-hybridized carbons (Fsp3) is 0.458. The monoisotopic (exact) mass is 379 g/mol. The van der Waals surface area contributed by atoms with Crippen molar-refractivity contribution < 1.29 is 14.3 Å². The van der Waals surface area contributed by atoms with E-state index in [1.54, 1.807) is 7.11 Å². The van der Waals surface area contributed by atoms with Gasteiger partial charge in [0.1, 0.15) is 11.5 Å². The number of esters is 1. The second kappa shape index (κ2) is 8.78. The van der Waals surface area contributed by atoms with Crippen LogP contribution in [0.5, 0.6) is 11.5 Å². The Balaban J connectivity index is 1.26. The maximum atomic E-state index is 11.4. The molecule has 4 nitrogen and oxygen atoms in total. The molecule has 0 fully saturated rings. The molecular weight excluding hydrogens is 350 g/mol. The summed E-state index contributed by atoms with van der Waals surface area (Å²) in [6, 6.07) is 12.7. The van der Waals surface area contributed by atoms with Gasteiger partial charge in [-0.05, 0) is 91.9 Å². The fourth-order valence-corrected chi connectivity index (χ4v) is 4.53. The molecular formula is C24H29NO3. The predicted octanol–water partition coefficient (Wildman–Crippen LogP) is 4.19. The van der Waals surface area contributed by atoms with E-state index in [2.05, 4.69) is 35.6 Å². The highest BCUT2D eigenvalue weighted by atomic mass is 16.5. The van der Waals surface area contributed by atoms with Crippen molar-refractivity contribution in [2.75, 3.05) is 20.2 Å². The van der Waals surface area contributed by atoms with E-state index in [0.717, 1.165) is 49.4 Å². The number of benzene rings is 2. The van der Waals surface area contributed by atoms with E-state index in [9.17, 15) is 4.79 Å². The summed E-state index contributed by atoms with van der Waals surface area (Å²) in [5.74, 6) is 2.29. The number of aryl methyl sites for hydroxylation is 1. The van der Waals surface area contributed by atoms with Gasteiger partial charge in [-0.3, -0.25) is 4.79 Å². The first kappa shape index (κ1) is 19.0. The van der Waals surface area contributed by atoms with Crippen molar-refractivity contribution in [2.45, 2.75) is 50.9 Å². The van der Waals surface area contributed by atoms with Crippen LogP contribution in [0.2, 0.25) is 0 Å². The van der Waals surface area contributed by atoms with Crippen molar-refractivity contribution in [3.05, 3.63) is 58.7 Å². The summed E-state index contributed by atoms with van der Waals surface area (Å²) in [5.41, 5.74) is 5.36. The summed E-state index contributed by atoms with van der Waals surface area (Å²) in [4.78, 5) is 11.4. The minimum absolute atomic E-state index is 0.121. The summed E-state index contributed by atoms with van der Waals surface area (Å²) >= 11 is 0. The Bertz CT molecular complexity index is 846. The van der Waals surface area contributed by atoms with E-state index in [-0.39, 0.29) is 5.97 Å². The molecule has 0 saturated carbocycles. The standard InChI is InChI=1S/C24H29NO3/c1-27-23-7-3-5-20-18(4-2-6-21(20)23)13-15-25-14-12-17-8-10-22-19(16-17)9-11-24(26)28-22/h3,5,7-8,10,16,18,25H,2,4,6,9,11-15H2,1H3. The molecule has 4 rings (SSSR count).